The molecule has 2 atom stereocenters. The smallest absolute Gasteiger partial charge is 0.0335 e. The second kappa shape index (κ2) is 4.67. The summed E-state index contributed by atoms with van der Waals surface area (Å²) in [5.74, 6) is 0.802. The highest BCUT2D eigenvalue weighted by Gasteiger charge is 2.46. The second-order valence-corrected chi connectivity index (χ2v) is 6.24. The van der Waals surface area contributed by atoms with Crippen LogP contribution in [-0.4, -0.2) is 30.1 Å². The van der Waals surface area contributed by atoms with E-state index in [-0.39, 0.29) is 0 Å². The summed E-state index contributed by atoms with van der Waals surface area (Å²) in [4.78, 5) is 2.66. The molecule has 2 aliphatic rings. The lowest BCUT2D eigenvalue weighted by Crippen LogP contribution is -2.44. The minimum absolute atomic E-state index is 0.357. The number of rotatable bonds is 3. The molecule has 0 bridgehead atoms. The number of aryl methyl sites for hydroxylation is 1. The van der Waals surface area contributed by atoms with Gasteiger partial charge in [-0.2, -0.15) is 0 Å². The lowest BCUT2D eigenvalue weighted by atomic mass is 9.87. The summed E-state index contributed by atoms with van der Waals surface area (Å²) < 4.78 is 0. The Bertz CT molecular complexity index is 412. The van der Waals surface area contributed by atoms with Gasteiger partial charge in [0.2, 0.25) is 0 Å². The molecule has 18 heavy (non-hydrogen) atoms. The summed E-state index contributed by atoms with van der Waals surface area (Å²) in [7, 11) is 0. The normalized spacial score (nSPS) is 31.8. The van der Waals surface area contributed by atoms with Gasteiger partial charge in [0.1, 0.15) is 0 Å². The molecule has 1 aromatic carbocycles. The van der Waals surface area contributed by atoms with Gasteiger partial charge in [-0.15, -0.1) is 0 Å². The molecular weight excluding hydrogens is 220 g/mol. The van der Waals surface area contributed by atoms with Crippen LogP contribution in [0, 0.1) is 12.8 Å². The van der Waals surface area contributed by atoms with Crippen molar-refractivity contribution >= 4 is 0 Å². The Labute approximate surface area is 110 Å². The van der Waals surface area contributed by atoms with Crippen molar-refractivity contribution in [3.05, 3.63) is 35.4 Å². The van der Waals surface area contributed by atoms with Crippen LogP contribution in [0.5, 0.6) is 0 Å². The van der Waals surface area contributed by atoms with Gasteiger partial charge < -0.3 is 5.73 Å². The van der Waals surface area contributed by atoms with Crippen molar-refractivity contribution in [1.82, 2.24) is 4.90 Å². The maximum atomic E-state index is 6.04. The summed E-state index contributed by atoms with van der Waals surface area (Å²) in [5, 5.41) is 0. The Morgan fingerprint density at radius 1 is 1.33 bits per heavy atom. The molecule has 2 saturated heterocycles. The highest BCUT2D eigenvalue weighted by molar-refractivity contribution is 5.22. The van der Waals surface area contributed by atoms with E-state index >= 15 is 0 Å². The molecule has 2 N–H and O–H groups in total. The first kappa shape index (κ1) is 12.2. The molecule has 0 spiro atoms. The van der Waals surface area contributed by atoms with Crippen molar-refractivity contribution in [3.63, 3.8) is 0 Å². The third kappa shape index (κ3) is 2.08. The zero-order valence-electron chi connectivity index (χ0n) is 11.4. The molecule has 3 rings (SSSR count). The average Bonchev–Trinajstić information content (AvgIpc) is 2.89. The lowest BCUT2D eigenvalue weighted by Gasteiger charge is -2.30. The molecular formula is C16H24N2. The molecule has 0 aliphatic carbocycles. The Balaban J connectivity index is 1.67. The van der Waals surface area contributed by atoms with E-state index in [0.29, 0.717) is 5.54 Å². The van der Waals surface area contributed by atoms with Crippen LogP contribution in [0.3, 0.4) is 0 Å². The molecule has 98 valence electrons. The summed E-state index contributed by atoms with van der Waals surface area (Å²) in [6, 6.07) is 9.02. The number of benzene rings is 1. The standard InChI is InChI=1S/C16H24N2/c1-13-3-5-14(6-4-13)9-15-10-16(12-17)7-2-8-18(16)11-15/h3-6,15H,2,7-12,17H2,1H3. The highest BCUT2D eigenvalue weighted by Crippen LogP contribution is 2.41. The summed E-state index contributed by atoms with van der Waals surface area (Å²) in [5.41, 5.74) is 9.24. The van der Waals surface area contributed by atoms with E-state index in [1.807, 2.05) is 0 Å². The second-order valence-electron chi connectivity index (χ2n) is 6.24. The molecule has 0 radical (unpaired) electrons. The molecule has 0 amide bonds. The fraction of sp³-hybridized carbons (Fsp3) is 0.625. The number of nitrogens with zero attached hydrogens (tertiary/aromatic N) is 1. The maximum absolute atomic E-state index is 6.04. The van der Waals surface area contributed by atoms with Gasteiger partial charge in [-0.1, -0.05) is 29.8 Å². The topological polar surface area (TPSA) is 29.3 Å². The van der Waals surface area contributed by atoms with Crippen LogP contribution in [-0.2, 0) is 6.42 Å². The van der Waals surface area contributed by atoms with E-state index in [0.717, 1.165) is 12.5 Å². The van der Waals surface area contributed by atoms with Crippen molar-refractivity contribution in [2.75, 3.05) is 19.6 Å². The Kier molecular flexibility index (Phi) is 3.16. The third-order valence-electron chi connectivity index (χ3n) is 4.91. The quantitative estimate of drug-likeness (QED) is 0.884. The van der Waals surface area contributed by atoms with E-state index < -0.39 is 0 Å². The van der Waals surface area contributed by atoms with Gasteiger partial charge in [0.25, 0.3) is 0 Å². The van der Waals surface area contributed by atoms with E-state index in [2.05, 4.69) is 36.1 Å². The lowest BCUT2D eigenvalue weighted by molar-refractivity contribution is 0.204. The molecule has 0 aromatic heterocycles. The molecule has 2 fully saturated rings. The van der Waals surface area contributed by atoms with Crippen LogP contribution in [0.15, 0.2) is 24.3 Å². The van der Waals surface area contributed by atoms with Crippen molar-refractivity contribution in [2.24, 2.45) is 11.7 Å². The Hall–Kier alpha value is -0.860. The van der Waals surface area contributed by atoms with Gasteiger partial charge in [0, 0.05) is 18.6 Å². The predicted molar refractivity (Wildman–Crippen MR) is 75.6 cm³/mol. The minimum atomic E-state index is 0.357. The van der Waals surface area contributed by atoms with Crippen molar-refractivity contribution < 1.29 is 0 Å². The minimum Gasteiger partial charge on any atom is -0.329 e. The Morgan fingerprint density at radius 2 is 2.11 bits per heavy atom. The SMILES string of the molecule is Cc1ccc(CC2CN3CCCC3(CN)C2)cc1. The number of nitrogens with two attached hydrogens (primary N) is 1. The number of hydrogen-bond donors (Lipinski definition) is 1. The number of hydrogen-bond acceptors (Lipinski definition) is 2. The van der Waals surface area contributed by atoms with Crippen LogP contribution in [0.4, 0.5) is 0 Å². The fourth-order valence-electron chi connectivity index (χ4n) is 3.93. The van der Waals surface area contributed by atoms with E-state index in [1.54, 1.807) is 0 Å². The molecule has 2 heteroatoms. The van der Waals surface area contributed by atoms with Crippen LogP contribution < -0.4 is 5.73 Å². The maximum Gasteiger partial charge on any atom is 0.0335 e. The number of fused-ring (bicyclic) bond motifs is 1. The van der Waals surface area contributed by atoms with Crippen LogP contribution in [0.1, 0.15) is 30.4 Å². The molecule has 2 aliphatic heterocycles. The summed E-state index contributed by atoms with van der Waals surface area (Å²) in [6.07, 6.45) is 5.18. The summed E-state index contributed by atoms with van der Waals surface area (Å²) in [6.45, 7) is 5.52. The van der Waals surface area contributed by atoms with Crippen molar-refractivity contribution in [2.45, 2.75) is 38.1 Å². The first-order valence-corrected chi connectivity index (χ1v) is 7.22. The highest BCUT2D eigenvalue weighted by atomic mass is 15.3. The molecule has 1 aromatic rings. The predicted octanol–water partition coefficient (Wildman–Crippen LogP) is 2.35. The molecule has 2 unspecified atom stereocenters. The average molecular weight is 244 g/mol. The third-order valence-corrected chi connectivity index (χ3v) is 4.91. The Morgan fingerprint density at radius 3 is 2.78 bits per heavy atom. The largest absolute Gasteiger partial charge is 0.329 e. The van der Waals surface area contributed by atoms with E-state index in [4.69, 9.17) is 5.73 Å². The first-order valence-electron chi connectivity index (χ1n) is 7.22. The molecule has 2 nitrogen and oxygen atoms in total. The van der Waals surface area contributed by atoms with Crippen molar-refractivity contribution in [1.29, 1.82) is 0 Å². The van der Waals surface area contributed by atoms with Crippen molar-refractivity contribution in [3.8, 4) is 0 Å². The summed E-state index contributed by atoms with van der Waals surface area (Å²) >= 11 is 0. The zero-order chi connectivity index (χ0) is 12.6. The van der Waals surface area contributed by atoms with Gasteiger partial charge in [-0.25, -0.2) is 0 Å². The van der Waals surface area contributed by atoms with Gasteiger partial charge in [0.15, 0.2) is 0 Å². The zero-order valence-corrected chi connectivity index (χ0v) is 11.4. The van der Waals surface area contributed by atoms with Gasteiger partial charge >= 0.3 is 0 Å². The molecule has 2 heterocycles. The van der Waals surface area contributed by atoms with Gasteiger partial charge in [-0.3, -0.25) is 4.90 Å². The van der Waals surface area contributed by atoms with Crippen LogP contribution in [0.25, 0.3) is 0 Å². The molecule has 0 saturated carbocycles. The van der Waals surface area contributed by atoms with Crippen LogP contribution in [0.2, 0.25) is 0 Å². The van der Waals surface area contributed by atoms with Gasteiger partial charge in [0.05, 0.1) is 0 Å². The fourth-order valence-corrected chi connectivity index (χ4v) is 3.93. The van der Waals surface area contributed by atoms with E-state index in [1.165, 1.54) is 49.9 Å². The van der Waals surface area contributed by atoms with E-state index in [9.17, 15) is 0 Å². The monoisotopic (exact) mass is 244 g/mol. The first-order chi connectivity index (χ1) is 8.72. The van der Waals surface area contributed by atoms with Crippen LogP contribution >= 0.6 is 0 Å². The van der Waals surface area contributed by atoms with Gasteiger partial charge in [-0.05, 0) is 50.6 Å².